The second-order valence-electron chi connectivity index (χ2n) is 10.9. The molecule has 0 heterocycles. The maximum Gasteiger partial charge on any atom is 0.0591 e. The summed E-state index contributed by atoms with van der Waals surface area (Å²) >= 11 is 0. The second-order valence-corrected chi connectivity index (χ2v) is 10.9. The Morgan fingerprint density at radius 3 is 1.00 bits per heavy atom. The van der Waals surface area contributed by atoms with Crippen LogP contribution in [0.5, 0.6) is 0 Å². The van der Waals surface area contributed by atoms with Crippen LogP contribution in [0.1, 0.15) is 82.3 Å². The van der Waals surface area contributed by atoms with Gasteiger partial charge in [0.25, 0.3) is 0 Å². The summed E-state index contributed by atoms with van der Waals surface area (Å²) in [5.74, 6) is 0. The number of hydrogen-bond donors (Lipinski definition) is 2. The van der Waals surface area contributed by atoms with Gasteiger partial charge < -0.3 is 10.6 Å². The van der Waals surface area contributed by atoms with Gasteiger partial charge in [-0.1, -0.05) is 134 Å². The molecule has 0 aliphatic heterocycles. The Labute approximate surface area is 226 Å². The highest BCUT2D eigenvalue weighted by atomic mass is 15.1. The summed E-state index contributed by atoms with van der Waals surface area (Å²) in [6.07, 6.45) is 14.0. The Hall–Kier alpha value is -3.72. The lowest BCUT2D eigenvalue weighted by Crippen LogP contribution is -2.52. The molecule has 0 spiro atoms. The molecule has 0 bridgehead atoms. The molecule has 3 aliphatic rings. The van der Waals surface area contributed by atoms with E-state index in [1.165, 1.54) is 70.2 Å². The van der Waals surface area contributed by atoms with E-state index in [2.05, 4.69) is 132 Å². The summed E-state index contributed by atoms with van der Waals surface area (Å²) < 4.78 is 0. The van der Waals surface area contributed by atoms with Gasteiger partial charge in [-0.3, -0.25) is 0 Å². The van der Waals surface area contributed by atoms with Gasteiger partial charge in [-0.05, 0) is 57.3 Å². The van der Waals surface area contributed by atoms with Crippen molar-refractivity contribution in [3.63, 3.8) is 0 Å². The molecular weight excluding hydrogens is 460 g/mol. The molecule has 0 saturated heterocycles. The minimum Gasteiger partial charge on any atom is -0.302 e. The van der Waals surface area contributed by atoms with Crippen molar-refractivity contribution in [1.82, 2.24) is 10.6 Å². The second kappa shape index (κ2) is 10.2. The lowest BCUT2D eigenvalue weighted by Gasteiger charge is -2.39. The molecule has 38 heavy (non-hydrogen) atoms. The van der Waals surface area contributed by atoms with Crippen LogP contribution >= 0.6 is 0 Å². The molecule has 1 saturated carbocycles. The maximum atomic E-state index is 4.20. The lowest BCUT2D eigenvalue weighted by molar-refractivity contribution is 0.261. The zero-order chi connectivity index (χ0) is 25.3. The monoisotopic (exact) mass is 494 g/mol. The van der Waals surface area contributed by atoms with Crippen molar-refractivity contribution >= 4 is 24.3 Å². The third kappa shape index (κ3) is 4.34. The van der Waals surface area contributed by atoms with Gasteiger partial charge in [-0.2, -0.15) is 0 Å². The lowest BCUT2D eigenvalue weighted by atomic mass is 9.85. The molecule has 2 atom stereocenters. The van der Waals surface area contributed by atoms with Gasteiger partial charge in [0.05, 0.1) is 12.1 Å². The van der Waals surface area contributed by atoms with Gasteiger partial charge in [-0.25, -0.2) is 0 Å². The van der Waals surface area contributed by atoms with Crippen molar-refractivity contribution in [3.05, 3.63) is 142 Å². The smallest absolute Gasteiger partial charge is 0.0591 e. The van der Waals surface area contributed by atoms with E-state index >= 15 is 0 Å². The highest BCUT2D eigenvalue weighted by Crippen LogP contribution is 2.37. The molecule has 3 aliphatic carbocycles. The van der Waals surface area contributed by atoms with Crippen LogP contribution in [-0.2, 0) is 0 Å². The zero-order valence-electron chi connectivity index (χ0n) is 21.7. The van der Waals surface area contributed by atoms with E-state index in [4.69, 9.17) is 0 Å². The van der Waals surface area contributed by atoms with E-state index in [1.807, 2.05) is 0 Å². The van der Waals surface area contributed by atoms with Crippen LogP contribution in [0, 0.1) is 0 Å². The summed E-state index contributed by atoms with van der Waals surface area (Å²) in [5.41, 5.74) is 10.7. The summed E-state index contributed by atoms with van der Waals surface area (Å²) in [4.78, 5) is 0. The largest absolute Gasteiger partial charge is 0.302 e. The van der Waals surface area contributed by atoms with Crippen molar-refractivity contribution in [2.24, 2.45) is 0 Å². The molecule has 0 unspecified atom stereocenters. The van der Waals surface area contributed by atoms with Crippen molar-refractivity contribution in [3.8, 4) is 0 Å². The summed E-state index contributed by atoms with van der Waals surface area (Å²) in [5, 5.41) is 8.39. The van der Waals surface area contributed by atoms with Crippen LogP contribution in [0.3, 0.4) is 0 Å². The van der Waals surface area contributed by atoms with Crippen molar-refractivity contribution < 1.29 is 0 Å². The molecule has 188 valence electrons. The van der Waals surface area contributed by atoms with Crippen LogP contribution in [0.2, 0.25) is 0 Å². The molecule has 2 heteroatoms. The third-order valence-electron chi connectivity index (χ3n) is 8.64. The van der Waals surface area contributed by atoms with E-state index in [9.17, 15) is 0 Å². The van der Waals surface area contributed by atoms with E-state index < -0.39 is 0 Å². The van der Waals surface area contributed by atoms with Crippen molar-refractivity contribution in [1.29, 1.82) is 0 Å². The minimum absolute atomic E-state index is 0.167. The fourth-order valence-corrected chi connectivity index (χ4v) is 6.71. The maximum absolute atomic E-state index is 4.20. The molecule has 4 aromatic carbocycles. The Morgan fingerprint density at radius 1 is 0.395 bits per heavy atom. The Morgan fingerprint density at radius 2 is 0.684 bits per heavy atom. The van der Waals surface area contributed by atoms with Crippen LogP contribution in [0.25, 0.3) is 24.3 Å². The number of rotatable bonds is 4. The van der Waals surface area contributed by atoms with Gasteiger partial charge in [0.1, 0.15) is 0 Å². The van der Waals surface area contributed by atoms with Crippen molar-refractivity contribution in [2.75, 3.05) is 0 Å². The Kier molecular flexibility index (Phi) is 6.29. The molecule has 4 aromatic rings. The number of benzene rings is 4. The number of fused-ring (bicyclic) bond motifs is 4. The predicted octanol–water partition coefficient (Wildman–Crippen LogP) is 8.02. The molecule has 1 fully saturated rings. The van der Waals surface area contributed by atoms with Gasteiger partial charge in [-0.15, -0.1) is 0 Å². The fourth-order valence-electron chi connectivity index (χ4n) is 6.71. The molecule has 2 N–H and O–H groups in total. The molecule has 2 nitrogen and oxygen atoms in total. The average Bonchev–Trinajstić information content (AvgIpc) is 3.23. The third-order valence-corrected chi connectivity index (χ3v) is 8.64. The van der Waals surface area contributed by atoms with Gasteiger partial charge in [0.2, 0.25) is 0 Å². The first-order chi connectivity index (χ1) is 18.8. The Balaban J connectivity index is 1.25. The first-order valence-electron chi connectivity index (χ1n) is 14.1. The summed E-state index contributed by atoms with van der Waals surface area (Å²) in [6, 6.07) is 36.6. The molecule has 0 amide bonds. The van der Waals surface area contributed by atoms with E-state index in [-0.39, 0.29) is 12.1 Å². The van der Waals surface area contributed by atoms with E-state index in [0.29, 0.717) is 12.1 Å². The van der Waals surface area contributed by atoms with Gasteiger partial charge >= 0.3 is 0 Å². The number of nitrogens with one attached hydrogen (secondary N) is 2. The molecule has 7 rings (SSSR count). The van der Waals surface area contributed by atoms with Crippen LogP contribution in [-0.4, -0.2) is 12.1 Å². The normalized spacial score (nSPS) is 20.5. The summed E-state index contributed by atoms with van der Waals surface area (Å²) in [7, 11) is 0. The fraction of sp³-hybridized carbons (Fsp3) is 0.222. The van der Waals surface area contributed by atoms with E-state index in [1.54, 1.807) is 0 Å². The minimum atomic E-state index is 0.167. The number of hydrogen-bond acceptors (Lipinski definition) is 2. The zero-order valence-corrected chi connectivity index (χ0v) is 21.7. The Bertz CT molecular complexity index is 1300. The van der Waals surface area contributed by atoms with Gasteiger partial charge in [0.15, 0.2) is 0 Å². The van der Waals surface area contributed by atoms with Crippen molar-refractivity contribution in [2.45, 2.75) is 49.9 Å². The van der Waals surface area contributed by atoms with Gasteiger partial charge in [0, 0.05) is 12.1 Å². The molecular formula is C36H34N2. The highest BCUT2D eigenvalue weighted by molar-refractivity contribution is 5.77. The SMILES string of the molecule is C1=Cc2ccccc2C(N[C@@H]2CCCC[C@H]2NC2c3ccccc3C=Cc3ccccc32)c2ccccc21. The van der Waals surface area contributed by atoms with Crippen LogP contribution in [0.15, 0.2) is 97.1 Å². The quantitative estimate of drug-likeness (QED) is 0.300. The van der Waals surface area contributed by atoms with E-state index in [0.717, 1.165) is 0 Å². The summed E-state index contributed by atoms with van der Waals surface area (Å²) in [6.45, 7) is 0. The molecule has 0 radical (unpaired) electrons. The first kappa shape index (κ1) is 23.4. The van der Waals surface area contributed by atoms with Crippen LogP contribution < -0.4 is 10.6 Å². The highest BCUT2D eigenvalue weighted by Gasteiger charge is 2.33. The predicted molar refractivity (Wildman–Crippen MR) is 160 cm³/mol. The topological polar surface area (TPSA) is 24.1 Å². The molecule has 0 aromatic heterocycles. The van der Waals surface area contributed by atoms with Crippen LogP contribution in [0.4, 0.5) is 0 Å². The average molecular weight is 495 g/mol. The first-order valence-corrected chi connectivity index (χ1v) is 14.1. The standard InChI is InChI=1S/C36H34N2/c1-5-15-29-25(11-1)21-22-26-12-2-6-16-30(26)35(29)37-33-19-9-10-20-34(33)38-36-31-17-7-3-13-27(31)23-24-28-14-4-8-18-32(28)36/h1-8,11-18,21-24,33-38H,9-10,19-20H2/t33-,34-/m1/s1.